The van der Waals surface area contributed by atoms with E-state index >= 15 is 0 Å². The van der Waals surface area contributed by atoms with Crippen LogP contribution in [0.2, 0.25) is 0 Å². The van der Waals surface area contributed by atoms with Crippen LogP contribution in [-0.4, -0.2) is 19.0 Å². The highest BCUT2D eigenvalue weighted by Gasteiger charge is 2.11. The van der Waals surface area contributed by atoms with Gasteiger partial charge in [-0.1, -0.05) is 13.8 Å². The predicted molar refractivity (Wildman–Crippen MR) is 40.9 cm³/mol. The highest BCUT2D eigenvalue weighted by atomic mass is 16.5. The molecule has 0 saturated carbocycles. The number of carbonyl (C=O) groups is 1. The number of ether oxygens (including phenoxy) is 1. The fourth-order valence-corrected chi connectivity index (χ4v) is 0.842. The van der Waals surface area contributed by atoms with E-state index in [1.807, 2.05) is 6.92 Å². The summed E-state index contributed by atoms with van der Waals surface area (Å²) in [6.07, 6.45) is 1.55. The molecule has 0 radical (unpaired) electrons. The molecule has 0 N–H and O–H groups in total. The lowest BCUT2D eigenvalue weighted by molar-refractivity contribution is -0.111. The molecule has 1 atom stereocenters. The van der Waals surface area contributed by atoms with Gasteiger partial charge in [-0.05, 0) is 12.8 Å². The molecule has 0 amide bonds. The second-order valence-electron chi connectivity index (χ2n) is 2.64. The van der Waals surface area contributed by atoms with Gasteiger partial charge in [0.2, 0.25) is 0 Å². The second-order valence-corrected chi connectivity index (χ2v) is 2.64. The van der Waals surface area contributed by atoms with Gasteiger partial charge < -0.3 is 9.53 Å². The van der Waals surface area contributed by atoms with E-state index in [2.05, 4.69) is 13.8 Å². The first-order valence-corrected chi connectivity index (χ1v) is 3.77. The minimum Gasteiger partial charge on any atom is -0.378 e. The Bertz CT molecular complexity index is 89.3. The molecule has 0 aromatic carbocycles. The van der Waals surface area contributed by atoms with Crippen LogP contribution in [0, 0.1) is 5.92 Å². The molecule has 1 unspecified atom stereocenters. The molecule has 0 aliphatic carbocycles. The van der Waals surface area contributed by atoms with Crippen molar-refractivity contribution in [3.63, 3.8) is 0 Å². The van der Waals surface area contributed by atoms with Gasteiger partial charge in [0.25, 0.3) is 0 Å². The third-order valence-electron chi connectivity index (χ3n) is 1.45. The normalized spacial score (nSPS) is 13.6. The van der Waals surface area contributed by atoms with Gasteiger partial charge in [0.15, 0.2) is 0 Å². The van der Waals surface area contributed by atoms with Crippen LogP contribution in [0.15, 0.2) is 0 Å². The SMILES string of the molecule is CCOC(CC=O)C(C)C. The maximum absolute atomic E-state index is 10.1. The minimum atomic E-state index is 0.113. The quantitative estimate of drug-likeness (QED) is 0.548. The van der Waals surface area contributed by atoms with Crippen LogP contribution in [0.25, 0.3) is 0 Å². The van der Waals surface area contributed by atoms with Gasteiger partial charge in [-0.15, -0.1) is 0 Å². The van der Waals surface area contributed by atoms with Crippen LogP contribution < -0.4 is 0 Å². The van der Waals surface area contributed by atoms with E-state index in [0.29, 0.717) is 18.9 Å². The minimum absolute atomic E-state index is 0.113. The molecule has 0 rings (SSSR count). The first-order valence-electron chi connectivity index (χ1n) is 3.77. The summed E-state index contributed by atoms with van der Waals surface area (Å²) in [5.74, 6) is 0.435. The van der Waals surface area contributed by atoms with Gasteiger partial charge in [-0.25, -0.2) is 0 Å². The molecule has 0 aromatic rings. The Kier molecular flexibility index (Phi) is 5.22. The van der Waals surface area contributed by atoms with Gasteiger partial charge >= 0.3 is 0 Å². The van der Waals surface area contributed by atoms with Crippen molar-refractivity contribution in [3.8, 4) is 0 Å². The van der Waals surface area contributed by atoms with Crippen LogP contribution in [0.1, 0.15) is 27.2 Å². The summed E-state index contributed by atoms with van der Waals surface area (Å²) in [6, 6.07) is 0. The molecule has 0 spiro atoms. The predicted octanol–water partition coefficient (Wildman–Crippen LogP) is 1.64. The topological polar surface area (TPSA) is 26.3 Å². The zero-order valence-corrected chi connectivity index (χ0v) is 6.96. The molecule has 0 fully saturated rings. The standard InChI is InChI=1S/C8H16O2/c1-4-10-8(5-6-9)7(2)3/h6-8H,4-5H2,1-3H3. The van der Waals surface area contributed by atoms with Crippen LogP contribution in [0.5, 0.6) is 0 Å². The summed E-state index contributed by atoms with van der Waals surface area (Å²) in [5, 5.41) is 0. The van der Waals surface area contributed by atoms with Gasteiger partial charge in [0, 0.05) is 13.0 Å². The maximum Gasteiger partial charge on any atom is 0.122 e. The molecule has 0 saturated heterocycles. The summed E-state index contributed by atoms with van der Waals surface area (Å²) in [4.78, 5) is 10.1. The first-order chi connectivity index (χ1) is 4.72. The summed E-state index contributed by atoms with van der Waals surface area (Å²) in [6.45, 7) is 6.75. The molecule has 0 bridgehead atoms. The third-order valence-corrected chi connectivity index (χ3v) is 1.45. The van der Waals surface area contributed by atoms with Crippen molar-refractivity contribution in [2.75, 3.05) is 6.61 Å². The highest BCUT2D eigenvalue weighted by molar-refractivity contribution is 5.50. The molecule has 2 heteroatoms. The fourth-order valence-electron chi connectivity index (χ4n) is 0.842. The van der Waals surface area contributed by atoms with Crippen LogP contribution >= 0.6 is 0 Å². The van der Waals surface area contributed by atoms with Crippen molar-refractivity contribution in [1.82, 2.24) is 0 Å². The molecule has 0 aliphatic rings. The Labute approximate surface area is 62.6 Å². The molecule has 2 nitrogen and oxygen atoms in total. The van der Waals surface area contributed by atoms with E-state index in [0.717, 1.165) is 6.29 Å². The Morgan fingerprint density at radius 3 is 2.40 bits per heavy atom. The summed E-state index contributed by atoms with van der Waals surface area (Å²) in [7, 11) is 0. The van der Waals surface area contributed by atoms with Gasteiger partial charge in [-0.2, -0.15) is 0 Å². The van der Waals surface area contributed by atoms with E-state index in [4.69, 9.17) is 4.74 Å². The van der Waals surface area contributed by atoms with E-state index in [-0.39, 0.29) is 6.10 Å². The van der Waals surface area contributed by atoms with Crippen molar-refractivity contribution in [1.29, 1.82) is 0 Å². The second kappa shape index (κ2) is 5.42. The number of carbonyl (C=O) groups excluding carboxylic acids is 1. The molecule has 10 heavy (non-hydrogen) atoms. The molecule has 60 valence electrons. The average molecular weight is 144 g/mol. The van der Waals surface area contributed by atoms with Crippen molar-refractivity contribution in [2.45, 2.75) is 33.3 Å². The van der Waals surface area contributed by atoms with Crippen LogP contribution in [0.4, 0.5) is 0 Å². The van der Waals surface area contributed by atoms with Crippen LogP contribution in [0.3, 0.4) is 0 Å². The molecule has 0 aliphatic heterocycles. The monoisotopic (exact) mass is 144 g/mol. The molecular weight excluding hydrogens is 128 g/mol. The van der Waals surface area contributed by atoms with Gasteiger partial charge in [-0.3, -0.25) is 0 Å². The van der Waals surface area contributed by atoms with E-state index in [9.17, 15) is 4.79 Å². The smallest absolute Gasteiger partial charge is 0.122 e. The largest absolute Gasteiger partial charge is 0.378 e. The summed E-state index contributed by atoms with van der Waals surface area (Å²) in [5.41, 5.74) is 0. The molecule has 0 heterocycles. The average Bonchev–Trinajstić information content (AvgIpc) is 1.87. The van der Waals surface area contributed by atoms with Crippen molar-refractivity contribution in [3.05, 3.63) is 0 Å². The van der Waals surface area contributed by atoms with E-state index < -0.39 is 0 Å². The highest BCUT2D eigenvalue weighted by Crippen LogP contribution is 2.08. The Morgan fingerprint density at radius 1 is 1.50 bits per heavy atom. The number of aldehydes is 1. The van der Waals surface area contributed by atoms with E-state index in [1.54, 1.807) is 0 Å². The van der Waals surface area contributed by atoms with Crippen molar-refractivity contribution < 1.29 is 9.53 Å². The third kappa shape index (κ3) is 3.62. The molecule has 0 aromatic heterocycles. The Hall–Kier alpha value is -0.370. The first kappa shape index (κ1) is 9.63. The Morgan fingerprint density at radius 2 is 2.10 bits per heavy atom. The van der Waals surface area contributed by atoms with Crippen molar-refractivity contribution in [2.24, 2.45) is 5.92 Å². The lowest BCUT2D eigenvalue weighted by Crippen LogP contribution is -2.19. The lowest BCUT2D eigenvalue weighted by Gasteiger charge is -2.17. The maximum atomic E-state index is 10.1. The van der Waals surface area contributed by atoms with Crippen LogP contribution in [-0.2, 0) is 9.53 Å². The van der Waals surface area contributed by atoms with Gasteiger partial charge in [0.1, 0.15) is 6.29 Å². The zero-order chi connectivity index (χ0) is 7.98. The number of hydrogen-bond donors (Lipinski definition) is 0. The van der Waals surface area contributed by atoms with Crippen molar-refractivity contribution >= 4 is 6.29 Å². The number of hydrogen-bond acceptors (Lipinski definition) is 2. The fraction of sp³-hybridized carbons (Fsp3) is 0.875. The zero-order valence-electron chi connectivity index (χ0n) is 6.96. The Balaban J connectivity index is 3.60. The summed E-state index contributed by atoms with van der Waals surface area (Å²) < 4.78 is 5.31. The summed E-state index contributed by atoms with van der Waals surface area (Å²) >= 11 is 0. The number of rotatable bonds is 5. The lowest BCUT2D eigenvalue weighted by atomic mass is 10.1. The molecular formula is C8H16O2. The van der Waals surface area contributed by atoms with E-state index in [1.165, 1.54) is 0 Å². The van der Waals surface area contributed by atoms with Gasteiger partial charge in [0.05, 0.1) is 6.10 Å².